The van der Waals surface area contributed by atoms with E-state index >= 15 is 0 Å². The molecule has 118 valence electrons. The van der Waals surface area contributed by atoms with Gasteiger partial charge in [0.05, 0.1) is 6.10 Å². The van der Waals surface area contributed by atoms with Gasteiger partial charge >= 0.3 is 12.1 Å². The number of carbonyl (C=O) groups excluding carboxylic acids is 1. The fourth-order valence-electron chi connectivity index (χ4n) is 1.74. The molecule has 3 atom stereocenters. The van der Waals surface area contributed by atoms with E-state index in [0.29, 0.717) is 0 Å². The molecular weight excluding hydrogens is 262 g/mol. The molecule has 0 aromatic rings. The molecule has 0 aliphatic carbocycles. The molecule has 3 N–H and O–H groups in total. The van der Waals surface area contributed by atoms with Gasteiger partial charge < -0.3 is 20.3 Å². The van der Waals surface area contributed by atoms with Crippen LogP contribution in [0, 0.1) is 11.3 Å². The molecular formula is C14H27NO5. The fourth-order valence-corrected chi connectivity index (χ4v) is 1.74. The number of aliphatic carboxylic acids is 1. The minimum Gasteiger partial charge on any atom is -0.481 e. The zero-order valence-corrected chi connectivity index (χ0v) is 13.4. The lowest BCUT2D eigenvalue weighted by atomic mass is 9.78. The van der Waals surface area contributed by atoms with Crippen LogP contribution in [0.3, 0.4) is 0 Å². The van der Waals surface area contributed by atoms with Crippen molar-refractivity contribution in [1.82, 2.24) is 5.32 Å². The Kier molecular flexibility index (Phi) is 6.02. The Balaban J connectivity index is 4.88. The quantitative estimate of drug-likeness (QED) is 0.735. The second kappa shape index (κ2) is 6.43. The average molecular weight is 289 g/mol. The van der Waals surface area contributed by atoms with Gasteiger partial charge in [-0.05, 0) is 33.1 Å². The van der Waals surface area contributed by atoms with Crippen LogP contribution in [0.2, 0.25) is 0 Å². The first-order chi connectivity index (χ1) is 8.75. The first-order valence-electron chi connectivity index (χ1n) is 6.66. The Morgan fingerprint density at radius 3 is 1.85 bits per heavy atom. The monoisotopic (exact) mass is 289 g/mol. The summed E-state index contributed by atoms with van der Waals surface area (Å²) in [6.45, 7) is 11.9. The van der Waals surface area contributed by atoms with Gasteiger partial charge in [0.1, 0.15) is 11.5 Å². The Hall–Kier alpha value is -1.30. The Morgan fingerprint density at radius 1 is 1.10 bits per heavy atom. The van der Waals surface area contributed by atoms with Crippen molar-refractivity contribution in [2.75, 3.05) is 0 Å². The number of ether oxygens (including phenoxy) is 1. The van der Waals surface area contributed by atoms with Crippen LogP contribution in [0.15, 0.2) is 0 Å². The molecule has 20 heavy (non-hydrogen) atoms. The predicted octanol–water partition coefficient (Wildman–Crippen LogP) is 2.01. The molecule has 0 spiro atoms. The van der Waals surface area contributed by atoms with E-state index in [1.54, 1.807) is 41.5 Å². The maximum Gasteiger partial charge on any atom is 0.407 e. The highest BCUT2D eigenvalue weighted by atomic mass is 16.6. The van der Waals surface area contributed by atoms with Gasteiger partial charge in [0.15, 0.2) is 0 Å². The van der Waals surface area contributed by atoms with Crippen molar-refractivity contribution < 1.29 is 24.5 Å². The lowest BCUT2D eigenvalue weighted by Crippen LogP contribution is -2.51. The van der Waals surface area contributed by atoms with Gasteiger partial charge in [-0.1, -0.05) is 20.8 Å². The van der Waals surface area contributed by atoms with Crippen LogP contribution in [-0.4, -0.2) is 40.0 Å². The molecule has 0 bridgehead atoms. The molecule has 0 aromatic carbocycles. The van der Waals surface area contributed by atoms with Crippen LogP contribution in [0.1, 0.15) is 48.5 Å². The van der Waals surface area contributed by atoms with Gasteiger partial charge in [-0.15, -0.1) is 0 Å². The molecule has 0 heterocycles. The molecule has 0 aliphatic rings. The minimum atomic E-state index is -1.16. The SMILES string of the molecule is C[C@@H](NC(=O)OC(C)(C)C)[C@H](C(=O)O)[C@@H](O)C(C)(C)C. The molecule has 1 amide bonds. The number of nitrogens with one attached hydrogen (secondary N) is 1. The number of hydrogen-bond donors (Lipinski definition) is 3. The van der Waals surface area contributed by atoms with Crippen molar-refractivity contribution in [2.45, 2.75) is 66.2 Å². The summed E-state index contributed by atoms with van der Waals surface area (Å²) in [4.78, 5) is 23.0. The molecule has 0 radical (unpaired) electrons. The van der Waals surface area contributed by atoms with Gasteiger partial charge in [-0.3, -0.25) is 4.79 Å². The summed E-state index contributed by atoms with van der Waals surface area (Å²) in [6, 6.07) is -0.753. The molecule has 6 heteroatoms. The van der Waals surface area contributed by atoms with E-state index in [-0.39, 0.29) is 0 Å². The van der Waals surface area contributed by atoms with Crippen LogP contribution in [-0.2, 0) is 9.53 Å². The third-order valence-electron chi connectivity index (χ3n) is 2.80. The van der Waals surface area contributed by atoms with Crippen LogP contribution in [0.5, 0.6) is 0 Å². The third-order valence-corrected chi connectivity index (χ3v) is 2.80. The summed E-state index contributed by atoms with van der Waals surface area (Å²) >= 11 is 0. The highest BCUT2D eigenvalue weighted by molar-refractivity contribution is 5.74. The number of aliphatic hydroxyl groups is 1. The number of alkyl carbamates (subject to hydrolysis) is 1. The highest BCUT2D eigenvalue weighted by Crippen LogP contribution is 2.27. The van der Waals surface area contributed by atoms with Gasteiger partial charge in [0.25, 0.3) is 0 Å². The Bertz CT molecular complexity index is 354. The van der Waals surface area contributed by atoms with Gasteiger partial charge in [-0.2, -0.15) is 0 Å². The van der Waals surface area contributed by atoms with E-state index in [2.05, 4.69) is 5.32 Å². The first-order valence-corrected chi connectivity index (χ1v) is 6.66. The number of carboxylic acid groups (broad SMARTS) is 1. The summed E-state index contributed by atoms with van der Waals surface area (Å²) < 4.78 is 5.08. The van der Waals surface area contributed by atoms with Crippen LogP contribution in [0.25, 0.3) is 0 Å². The topological polar surface area (TPSA) is 95.9 Å². The molecule has 0 saturated heterocycles. The molecule has 6 nitrogen and oxygen atoms in total. The molecule has 0 saturated carbocycles. The lowest BCUT2D eigenvalue weighted by molar-refractivity contribution is -0.150. The summed E-state index contributed by atoms with van der Waals surface area (Å²) in [7, 11) is 0. The van der Waals surface area contributed by atoms with E-state index in [0.717, 1.165) is 0 Å². The van der Waals surface area contributed by atoms with Crippen molar-refractivity contribution in [3.05, 3.63) is 0 Å². The number of hydrogen-bond acceptors (Lipinski definition) is 4. The number of aliphatic hydroxyl groups excluding tert-OH is 1. The molecule has 0 fully saturated rings. The number of amides is 1. The predicted molar refractivity (Wildman–Crippen MR) is 75.4 cm³/mol. The second-order valence-corrected chi connectivity index (χ2v) is 7.11. The van der Waals surface area contributed by atoms with Crippen LogP contribution >= 0.6 is 0 Å². The normalized spacial score (nSPS) is 17.0. The first kappa shape index (κ1) is 18.7. The number of rotatable bonds is 4. The number of carboxylic acids is 1. The molecule has 0 unspecified atom stereocenters. The van der Waals surface area contributed by atoms with E-state index in [1.165, 1.54) is 6.92 Å². The largest absolute Gasteiger partial charge is 0.481 e. The lowest BCUT2D eigenvalue weighted by Gasteiger charge is -2.34. The van der Waals surface area contributed by atoms with E-state index in [9.17, 15) is 19.8 Å². The zero-order chi connectivity index (χ0) is 16.3. The Labute approximate surface area is 120 Å². The summed E-state index contributed by atoms with van der Waals surface area (Å²) in [5, 5.41) is 21.9. The summed E-state index contributed by atoms with van der Waals surface area (Å²) in [5.41, 5.74) is -1.27. The number of carbonyl (C=O) groups is 2. The smallest absolute Gasteiger partial charge is 0.407 e. The van der Waals surface area contributed by atoms with Crippen molar-refractivity contribution in [2.24, 2.45) is 11.3 Å². The zero-order valence-electron chi connectivity index (χ0n) is 13.4. The van der Waals surface area contributed by atoms with Gasteiger partial charge in [0, 0.05) is 6.04 Å². The fraction of sp³-hybridized carbons (Fsp3) is 0.857. The van der Waals surface area contributed by atoms with E-state index in [4.69, 9.17) is 4.74 Å². The maximum absolute atomic E-state index is 11.7. The van der Waals surface area contributed by atoms with E-state index < -0.39 is 41.1 Å². The Morgan fingerprint density at radius 2 is 1.55 bits per heavy atom. The maximum atomic E-state index is 11.7. The molecule has 0 aromatic heterocycles. The van der Waals surface area contributed by atoms with Crippen LogP contribution < -0.4 is 5.32 Å². The van der Waals surface area contributed by atoms with Crippen molar-refractivity contribution in [1.29, 1.82) is 0 Å². The van der Waals surface area contributed by atoms with Crippen molar-refractivity contribution in [3.8, 4) is 0 Å². The van der Waals surface area contributed by atoms with E-state index in [1.807, 2.05) is 0 Å². The van der Waals surface area contributed by atoms with Crippen LogP contribution in [0.4, 0.5) is 4.79 Å². The van der Waals surface area contributed by atoms with Gasteiger partial charge in [-0.25, -0.2) is 4.79 Å². The third kappa shape index (κ3) is 6.23. The average Bonchev–Trinajstić information content (AvgIpc) is 2.11. The van der Waals surface area contributed by atoms with Crippen molar-refractivity contribution >= 4 is 12.1 Å². The summed E-state index contributed by atoms with van der Waals surface area (Å²) in [5.74, 6) is -2.27. The van der Waals surface area contributed by atoms with Crippen molar-refractivity contribution in [3.63, 3.8) is 0 Å². The second-order valence-electron chi connectivity index (χ2n) is 7.11. The molecule has 0 aliphatic heterocycles. The minimum absolute atomic E-state index is 0.604. The highest BCUT2D eigenvalue weighted by Gasteiger charge is 2.39. The summed E-state index contributed by atoms with van der Waals surface area (Å²) in [6.07, 6.45) is -1.79. The van der Waals surface area contributed by atoms with Gasteiger partial charge in [0.2, 0.25) is 0 Å². The molecule has 0 rings (SSSR count). The standard InChI is InChI=1S/C14H27NO5/c1-8(15-12(19)20-14(5,6)7)9(11(17)18)10(16)13(2,3)4/h8-10,16H,1-7H3,(H,15,19)(H,17,18)/t8-,9+,10-/m1/s1.